The molecule has 0 aliphatic carbocycles. The summed E-state index contributed by atoms with van der Waals surface area (Å²) in [6, 6.07) is 4.58. The van der Waals surface area contributed by atoms with E-state index in [2.05, 4.69) is 16.0 Å². The number of hydrogen-bond donors (Lipinski definition) is 4. The molecule has 1 saturated heterocycles. The Morgan fingerprint density at radius 1 is 1.11 bits per heavy atom. The Kier molecular flexibility index (Phi) is 9.65. The minimum Gasteiger partial charge on any atom is -0.493 e. The van der Waals surface area contributed by atoms with Crippen LogP contribution in [-0.4, -0.2) is 90.3 Å². The molecule has 2 aliphatic rings. The maximum atomic E-state index is 13.5. The average molecular weight is 505 g/mol. The minimum atomic E-state index is -1.14. The molecule has 1 aromatic rings. The molecule has 5 atom stereocenters. The molecular formula is C25H36N4O7. The van der Waals surface area contributed by atoms with Crippen LogP contribution in [0, 0.1) is 0 Å². The molecule has 198 valence electrons. The van der Waals surface area contributed by atoms with Crippen molar-refractivity contribution in [1.29, 1.82) is 0 Å². The Hall–Kier alpha value is -3.18. The number of para-hydroxylation sites is 1. The zero-order chi connectivity index (χ0) is 26.2. The van der Waals surface area contributed by atoms with Crippen LogP contribution in [-0.2, 0) is 19.1 Å². The number of morpholine rings is 1. The van der Waals surface area contributed by atoms with E-state index in [0.29, 0.717) is 25.3 Å². The molecule has 0 radical (unpaired) electrons. The number of nitrogens with zero attached hydrogens (tertiary/aromatic N) is 1. The van der Waals surface area contributed by atoms with E-state index in [1.54, 1.807) is 29.2 Å². The number of hydrogen-bond acceptors (Lipinski definition) is 7. The van der Waals surface area contributed by atoms with E-state index in [1.165, 1.54) is 6.92 Å². The van der Waals surface area contributed by atoms with Crippen molar-refractivity contribution in [2.75, 3.05) is 26.2 Å². The number of carbonyl (C=O) groups excluding carboxylic acids is 4. The Bertz CT molecular complexity index is 944. The Morgan fingerprint density at radius 2 is 1.81 bits per heavy atom. The second-order valence-corrected chi connectivity index (χ2v) is 9.34. The van der Waals surface area contributed by atoms with Crippen LogP contribution in [0.15, 0.2) is 24.3 Å². The molecule has 0 bridgehead atoms. The Balaban J connectivity index is 1.86. The monoisotopic (exact) mass is 504 g/mol. The van der Waals surface area contributed by atoms with Gasteiger partial charge >= 0.3 is 0 Å². The van der Waals surface area contributed by atoms with Crippen molar-refractivity contribution in [3.8, 4) is 5.75 Å². The first kappa shape index (κ1) is 27.4. The topological polar surface area (TPSA) is 146 Å². The summed E-state index contributed by atoms with van der Waals surface area (Å²) in [4.78, 5) is 53.5. The first-order chi connectivity index (χ1) is 17.2. The lowest BCUT2D eigenvalue weighted by Gasteiger charge is -2.37. The molecule has 11 nitrogen and oxygen atoms in total. The van der Waals surface area contributed by atoms with Crippen LogP contribution in [0.1, 0.15) is 50.4 Å². The van der Waals surface area contributed by atoms with E-state index in [-0.39, 0.29) is 49.7 Å². The van der Waals surface area contributed by atoms with Gasteiger partial charge in [0.15, 0.2) is 0 Å². The minimum absolute atomic E-state index is 0.00764. The number of fused-ring (bicyclic) bond motifs is 1. The second-order valence-electron chi connectivity index (χ2n) is 9.34. The number of amides is 4. The van der Waals surface area contributed by atoms with E-state index < -0.39 is 35.9 Å². The smallest absolute Gasteiger partial charge is 0.255 e. The van der Waals surface area contributed by atoms with E-state index in [4.69, 9.17) is 9.47 Å². The molecule has 0 saturated carbocycles. The third-order valence-electron chi connectivity index (χ3n) is 6.09. The normalized spacial score (nSPS) is 27.6. The van der Waals surface area contributed by atoms with Gasteiger partial charge in [0, 0.05) is 26.1 Å². The number of aliphatic hydroxyl groups excluding tert-OH is 1. The van der Waals surface area contributed by atoms with Gasteiger partial charge in [-0.1, -0.05) is 12.1 Å². The van der Waals surface area contributed by atoms with Gasteiger partial charge in [-0.3, -0.25) is 19.2 Å². The predicted octanol–water partition coefficient (Wildman–Crippen LogP) is -0.0347. The Morgan fingerprint density at radius 3 is 2.50 bits per heavy atom. The van der Waals surface area contributed by atoms with Crippen LogP contribution in [0.5, 0.6) is 5.75 Å². The molecule has 36 heavy (non-hydrogen) atoms. The number of aliphatic hydroxyl groups is 1. The quantitative estimate of drug-likeness (QED) is 0.442. The number of benzene rings is 1. The van der Waals surface area contributed by atoms with Crippen molar-refractivity contribution in [3.05, 3.63) is 29.8 Å². The highest BCUT2D eigenvalue weighted by molar-refractivity contribution is 6.00. The molecule has 2 heterocycles. The van der Waals surface area contributed by atoms with Crippen LogP contribution < -0.4 is 20.7 Å². The van der Waals surface area contributed by atoms with E-state index >= 15 is 0 Å². The summed E-state index contributed by atoms with van der Waals surface area (Å²) in [7, 11) is 0. The van der Waals surface area contributed by atoms with Crippen molar-refractivity contribution in [2.24, 2.45) is 0 Å². The third kappa shape index (κ3) is 7.41. The molecule has 1 fully saturated rings. The first-order valence-corrected chi connectivity index (χ1v) is 12.4. The summed E-state index contributed by atoms with van der Waals surface area (Å²) >= 11 is 0. The molecule has 11 heteroatoms. The molecule has 0 spiro atoms. The highest BCUT2D eigenvalue weighted by atomic mass is 16.5. The second kappa shape index (κ2) is 12.7. The number of nitrogens with one attached hydrogen (secondary N) is 3. The summed E-state index contributed by atoms with van der Waals surface area (Å²) in [5.41, 5.74) is 0.272. The summed E-state index contributed by atoms with van der Waals surface area (Å²) in [6.45, 7) is 6.38. The maximum Gasteiger partial charge on any atom is 0.255 e. The molecule has 4 amide bonds. The highest BCUT2D eigenvalue weighted by Gasteiger charge is 2.33. The van der Waals surface area contributed by atoms with Gasteiger partial charge in [0.25, 0.3) is 5.91 Å². The average Bonchev–Trinajstić information content (AvgIpc) is 2.83. The molecule has 1 aromatic carbocycles. The molecule has 4 N–H and O–H groups in total. The number of carbonyl (C=O) groups is 4. The van der Waals surface area contributed by atoms with Gasteiger partial charge in [-0.25, -0.2) is 0 Å². The fourth-order valence-corrected chi connectivity index (χ4v) is 4.35. The van der Waals surface area contributed by atoms with Gasteiger partial charge < -0.3 is 35.4 Å². The third-order valence-corrected chi connectivity index (χ3v) is 6.09. The highest BCUT2D eigenvalue weighted by Crippen LogP contribution is 2.20. The van der Waals surface area contributed by atoms with Gasteiger partial charge in [-0.2, -0.15) is 0 Å². The van der Waals surface area contributed by atoms with Crippen molar-refractivity contribution in [1.82, 2.24) is 20.9 Å². The van der Waals surface area contributed by atoms with Crippen LogP contribution in [0.2, 0.25) is 0 Å². The van der Waals surface area contributed by atoms with Crippen molar-refractivity contribution < 1.29 is 33.8 Å². The summed E-state index contributed by atoms with van der Waals surface area (Å²) in [5, 5.41) is 18.0. The maximum absolute atomic E-state index is 13.5. The lowest BCUT2D eigenvalue weighted by molar-refractivity contribution is -0.145. The van der Waals surface area contributed by atoms with E-state index in [0.717, 1.165) is 0 Å². The van der Waals surface area contributed by atoms with Gasteiger partial charge in [-0.05, 0) is 45.7 Å². The predicted molar refractivity (Wildman–Crippen MR) is 130 cm³/mol. The van der Waals surface area contributed by atoms with E-state index in [1.807, 2.05) is 13.8 Å². The molecular weight excluding hydrogens is 468 g/mol. The number of ether oxygens (including phenoxy) is 2. The molecule has 1 unspecified atom stereocenters. The van der Waals surface area contributed by atoms with Gasteiger partial charge in [0.2, 0.25) is 17.7 Å². The summed E-state index contributed by atoms with van der Waals surface area (Å²) in [6.07, 6.45) is -1.14. The van der Waals surface area contributed by atoms with Gasteiger partial charge in [-0.15, -0.1) is 0 Å². The van der Waals surface area contributed by atoms with E-state index in [9.17, 15) is 24.3 Å². The van der Waals surface area contributed by atoms with Crippen LogP contribution >= 0.6 is 0 Å². The van der Waals surface area contributed by atoms with Gasteiger partial charge in [0.1, 0.15) is 17.8 Å². The van der Waals surface area contributed by atoms with Crippen LogP contribution in [0.4, 0.5) is 0 Å². The van der Waals surface area contributed by atoms with Crippen molar-refractivity contribution in [3.63, 3.8) is 0 Å². The van der Waals surface area contributed by atoms with Crippen molar-refractivity contribution in [2.45, 2.75) is 70.4 Å². The van der Waals surface area contributed by atoms with Crippen LogP contribution in [0.25, 0.3) is 0 Å². The fourth-order valence-electron chi connectivity index (χ4n) is 4.35. The molecule has 0 aromatic heterocycles. The lowest BCUT2D eigenvalue weighted by Crippen LogP contribution is -2.55. The molecule has 3 rings (SSSR count). The zero-order valence-electron chi connectivity index (χ0n) is 21.0. The van der Waals surface area contributed by atoms with Crippen molar-refractivity contribution >= 4 is 23.6 Å². The number of rotatable bonds is 2. The SMILES string of the molecule is C[C@@H]1CN(C(=O)[C@@H]2CCC(=O)NC([C@@H](C)O)C(=O)NCCCOc3ccccc3C(=O)N2)C[C@H](C)O1. The largest absolute Gasteiger partial charge is 0.493 e. The Labute approximate surface area is 210 Å². The molecule has 2 aliphatic heterocycles. The zero-order valence-corrected chi connectivity index (χ0v) is 21.0. The lowest BCUT2D eigenvalue weighted by atomic mass is 10.1. The summed E-state index contributed by atoms with van der Waals surface area (Å²) in [5.74, 6) is -1.47. The van der Waals surface area contributed by atoms with Gasteiger partial charge in [0.05, 0.1) is 30.5 Å². The summed E-state index contributed by atoms with van der Waals surface area (Å²) < 4.78 is 11.5. The fraction of sp³-hybridized carbons (Fsp3) is 0.600. The van der Waals surface area contributed by atoms with Crippen LogP contribution in [0.3, 0.4) is 0 Å². The first-order valence-electron chi connectivity index (χ1n) is 12.4. The standard InChI is InChI=1S/C25H36N4O7/c1-15-13-29(14-16(2)36-15)25(34)19-9-10-21(31)28-22(17(3)30)24(33)26-11-6-12-35-20-8-5-4-7-18(20)23(32)27-19/h4-5,7-8,15-17,19,22,30H,6,9-14H2,1-3H3,(H,26,33)(H,27,32)(H,28,31)/t15-,16+,17-,19+,22?/m1/s1.